The number of allylic oxidation sites excluding steroid dienone is 3. The molecule has 5 nitrogen and oxygen atoms in total. The first-order valence-electron chi connectivity index (χ1n) is 13.0. The van der Waals surface area contributed by atoms with Crippen molar-refractivity contribution in [3.63, 3.8) is 0 Å². The maximum atomic E-state index is 14.5. The molecule has 2 bridgehead atoms. The molecule has 0 aromatic carbocycles. The second-order valence-corrected chi connectivity index (χ2v) is 22.9. The summed E-state index contributed by atoms with van der Waals surface area (Å²) in [5.41, 5.74) is 0.875. The fourth-order valence-electron chi connectivity index (χ4n) is 5.69. The molecule has 35 heavy (non-hydrogen) atoms. The number of carbonyl (C=O) groups excluding carboxylic acids is 1. The molecule has 0 aromatic heterocycles. The quantitative estimate of drug-likeness (QED) is 0.330. The van der Waals surface area contributed by atoms with Gasteiger partial charge in [-0.25, -0.2) is 0 Å². The molecule has 0 radical (unpaired) electrons. The Labute approximate surface area is 215 Å². The minimum atomic E-state index is -2.15. The Bertz CT molecular complexity index is 961. The van der Waals surface area contributed by atoms with Crippen LogP contribution in [0.15, 0.2) is 34.6 Å². The van der Waals surface area contributed by atoms with Gasteiger partial charge >= 0.3 is 0 Å². The topological polar surface area (TPSA) is 65.0 Å². The van der Waals surface area contributed by atoms with E-state index >= 15 is 0 Å². The number of ketones is 1. The van der Waals surface area contributed by atoms with E-state index in [1.54, 1.807) is 7.11 Å². The van der Waals surface area contributed by atoms with Crippen LogP contribution in [0.2, 0.25) is 37.8 Å². The molecule has 1 N–H and O–H groups in total. The maximum absolute atomic E-state index is 14.5. The average molecular weight is 521 g/mol. The summed E-state index contributed by atoms with van der Waals surface area (Å²) in [6.45, 7) is 23.9. The molecule has 0 amide bonds. The zero-order valence-electron chi connectivity index (χ0n) is 24.1. The fourth-order valence-corrected chi connectivity index (χ4v) is 8.09. The third-order valence-electron chi connectivity index (χ3n) is 8.92. The molecule has 0 aliphatic heterocycles. The minimum Gasteiger partial charge on any atom is -0.500 e. The van der Waals surface area contributed by atoms with E-state index in [9.17, 15) is 9.90 Å². The summed E-state index contributed by atoms with van der Waals surface area (Å²) in [6.07, 6.45) is 5.16. The van der Waals surface area contributed by atoms with E-state index in [-0.39, 0.29) is 29.5 Å². The zero-order valence-corrected chi connectivity index (χ0v) is 26.1. The molecule has 3 rings (SSSR count). The number of Topliss-reactive ketones (excluding diaryl/α,β-unsaturated/α-hetero) is 1. The van der Waals surface area contributed by atoms with Crippen LogP contribution in [0.5, 0.6) is 0 Å². The molecule has 0 spiro atoms. The van der Waals surface area contributed by atoms with Crippen molar-refractivity contribution in [2.75, 3.05) is 7.11 Å². The zero-order chi connectivity index (χ0) is 26.8. The Morgan fingerprint density at radius 2 is 1.63 bits per heavy atom. The van der Waals surface area contributed by atoms with Crippen molar-refractivity contribution >= 4 is 22.4 Å². The molecule has 3 aliphatic rings. The Kier molecular flexibility index (Phi) is 7.42. The molecule has 1 saturated carbocycles. The molecule has 7 heteroatoms. The van der Waals surface area contributed by atoms with Crippen molar-refractivity contribution in [1.29, 1.82) is 0 Å². The van der Waals surface area contributed by atoms with Gasteiger partial charge in [0.2, 0.25) is 0 Å². The van der Waals surface area contributed by atoms with E-state index in [0.717, 1.165) is 16.7 Å². The van der Waals surface area contributed by atoms with Crippen molar-refractivity contribution in [3.05, 3.63) is 34.6 Å². The van der Waals surface area contributed by atoms with Crippen LogP contribution in [-0.4, -0.2) is 52.4 Å². The van der Waals surface area contributed by atoms with Crippen LogP contribution >= 0.6 is 0 Å². The van der Waals surface area contributed by atoms with Crippen LogP contribution < -0.4 is 0 Å². The minimum absolute atomic E-state index is 0.0221. The smallest absolute Gasteiger partial charge is 0.192 e. The van der Waals surface area contributed by atoms with Crippen molar-refractivity contribution in [2.45, 2.75) is 116 Å². The van der Waals surface area contributed by atoms with Gasteiger partial charge in [-0.3, -0.25) is 4.79 Å². The monoisotopic (exact) mass is 520 g/mol. The van der Waals surface area contributed by atoms with Gasteiger partial charge in [-0.1, -0.05) is 46.3 Å². The fraction of sp³-hybridized carbons (Fsp3) is 0.750. The van der Waals surface area contributed by atoms with Crippen LogP contribution in [0.4, 0.5) is 0 Å². The van der Waals surface area contributed by atoms with Gasteiger partial charge in [0, 0.05) is 11.8 Å². The number of fused-ring (bicyclic) bond motifs is 3. The maximum Gasteiger partial charge on any atom is 0.192 e. The Morgan fingerprint density at radius 3 is 2.14 bits per heavy atom. The van der Waals surface area contributed by atoms with E-state index in [0.29, 0.717) is 18.6 Å². The van der Waals surface area contributed by atoms with Gasteiger partial charge in [-0.2, -0.15) is 0 Å². The number of rotatable bonds is 5. The molecule has 3 aliphatic carbocycles. The number of aliphatic hydroxyl groups is 1. The third-order valence-corrected chi connectivity index (χ3v) is 14.4. The molecule has 0 unspecified atom stereocenters. The molecule has 198 valence electrons. The van der Waals surface area contributed by atoms with Crippen LogP contribution in [0, 0.1) is 11.3 Å². The van der Waals surface area contributed by atoms with Crippen LogP contribution in [0.25, 0.3) is 0 Å². The summed E-state index contributed by atoms with van der Waals surface area (Å²) in [4.78, 5) is 14.5. The van der Waals surface area contributed by atoms with Gasteiger partial charge in [0.05, 0.1) is 19.3 Å². The molecule has 0 heterocycles. The van der Waals surface area contributed by atoms with E-state index in [4.69, 9.17) is 13.6 Å². The number of ether oxygens (including phenoxy) is 1. The molecule has 0 aromatic rings. The molecule has 1 fully saturated rings. The molecular formula is C28H48O5Si2. The van der Waals surface area contributed by atoms with Gasteiger partial charge in [0.1, 0.15) is 17.3 Å². The summed E-state index contributed by atoms with van der Waals surface area (Å²) < 4.78 is 19.4. The van der Waals surface area contributed by atoms with Gasteiger partial charge < -0.3 is 18.7 Å². The normalized spacial score (nSPS) is 31.8. The predicted octanol–water partition coefficient (Wildman–Crippen LogP) is 6.52. The lowest BCUT2D eigenvalue weighted by Gasteiger charge is -2.55. The summed E-state index contributed by atoms with van der Waals surface area (Å²) in [6, 6.07) is 0. The first kappa shape index (κ1) is 28.6. The number of methoxy groups -OCH3 is 1. The lowest BCUT2D eigenvalue weighted by molar-refractivity contribution is -0.159. The van der Waals surface area contributed by atoms with Crippen LogP contribution in [0.3, 0.4) is 0 Å². The molecular weight excluding hydrogens is 472 g/mol. The number of hydrogen-bond donors (Lipinski definition) is 1. The van der Waals surface area contributed by atoms with Crippen LogP contribution in [-0.2, 0) is 18.4 Å². The van der Waals surface area contributed by atoms with Crippen molar-refractivity contribution < 1.29 is 23.5 Å². The first-order chi connectivity index (χ1) is 15.8. The standard InChI is InChI=1S/C28H48O5Si2/c1-18-20-16-22(32-34(8,9)10)19-14-13-15-21(31-7)24(19)25(29)28(30,27(20,5)6)17-23(18)33-35(11,12)26(2,3)4/h14-15,22-24,30H,13,16-17H2,1-12H3/t22-,23-,24+,28+/m0/s1. The van der Waals surface area contributed by atoms with Crippen molar-refractivity contribution in [1.82, 2.24) is 0 Å². The third kappa shape index (κ3) is 4.96. The Hall–Kier alpha value is -0.996. The first-order valence-corrected chi connectivity index (χ1v) is 19.3. The van der Waals surface area contributed by atoms with Crippen molar-refractivity contribution in [2.24, 2.45) is 11.3 Å². The van der Waals surface area contributed by atoms with Gasteiger partial charge in [-0.05, 0) is 74.8 Å². The summed E-state index contributed by atoms with van der Waals surface area (Å²) in [7, 11) is -2.48. The molecule has 0 saturated heterocycles. The lowest BCUT2D eigenvalue weighted by atomic mass is 9.55. The second kappa shape index (κ2) is 9.08. The van der Waals surface area contributed by atoms with E-state index < -0.39 is 33.6 Å². The summed E-state index contributed by atoms with van der Waals surface area (Å²) >= 11 is 0. The predicted molar refractivity (Wildman–Crippen MR) is 147 cm³/mol. The van der Waals surface area contributed by atoms with Crippen LogP contribution in [0.1, 0.15) is 60.8 Å². The number of hydrogen-bond acceptors (Lipinski definition) is 5. The van der Waals surface area contributed by atoms with E-state index in [1.807, 2.05) is 19.9 Å². The van der Waals surface area contributed by atoms with E-state index in [2.05, 4.69) is 66.5 Å². The van der Waals surface area contributed by atoms with Gasteiger partial charge in [-0.15, -0.1) is 0 Å². The highest BCUT2D eigenvalue weighted by Crippen LogP contribution is 2.56. The van der Waals surface area contributed by atoms with Gasteiger partial charge in [0.15, 0.2) is 22.4 Å². The highest BCUT2D eigenvalue weighted by Gasteiger charge is 2.61. The Balaban J connectivity index is 2.23. The largest absolute Gasteiger partial charge is 0.500 e. The SMILES string of the molecule is COC1=CCC=C2[C@H]1C(=O)[C@]1(O)C[C@H](O[Si](C)(C)C(C)(C)C)C(C)=C(C[C@@H]2O[Si](C)(C)C)C1(C)C. The van der Waals surface area contributed by atoms with Crippen molar-refractivity contribution in [3.8, 4) is 0 Å². The second-order valence-electron chi connectivity index (χ2n) is 13.7. The highest BCUT2D eigenvalue weighted by molar-refractivity contribution is 6.74. The average Bonchev–Trinajstić information content (AvgIpc) is 2.70. The summed E-state index contributed by atoms with van der Waals surface area (Å²) in [5, 5.41) is 12.4. The lowest BCUT2D eigenvalue weighted by Crippen LogP contribution is -2.62. The van der Waals surface area contributed by atoms with Gasteiger partial charge in [0.25, 0.3) is 0 Å². The van der Waals surface area contributed by atoms with E-state index in [1.165, 1.54) is 0 Å². The molecule has 4 atom stereocenters. The summed E-state index contributed by atoms with van der Waals surface area (Å²) in [5.74, 6) is -0.204. The highest BCUT2D eigenvalue weighted by atomic mass is 28.4. The Morgan fingerprint density at radius 1 is 1.03 bits per heavy atom. The number of carbonyl (C=O) groups is 1.